The number of aliphatic hydroxyl groups is 1. The molecule has 0 aromatic heterocycles. The molecule has 0 fully saturated rings. The van der Waals surface area contributed by atoms with Gasteiger partial charge in [0.25, 0.3) is 0 Å². The Morgan fingerprint density at radius 3 is 2.54 bits per heavy atom. The molecule has 0 amide bonds. The van der Waals surface area contributed by atoms with Gasteiger partial charge in [-0.05, 0) is 19.1 Å². The predicted molar refractivity (Wildman–Crippen MR) is 49.6 cm³/mol. The van der Waals surface area contributed by atoms with Crippen molar-refractivity contribution in [3.63, 3.8) is 0 Å². The lowest BCUT2D eigenvalue weighted by atomic mass is 10.3. The summed E-state index contributed by atoms with van der Waals surface area (Å²) >= 11 is 0. The van der Waals surface area contributed by atoms with Crippen LogP contribution in [0.3, 0.4) is 0 Å². The van der Waals surface area contributed by atoms with Crippen molar-refractivity contribution in [3.05, 3.63) is 30.3 Å². The van der Waals surface area contributed by atoms with Crippen LogP contribution in [-0.4, -0.2) is 24.6 Å². The second kappa shape index (κ2) is 5.56. The second-order valence-electron chi connectivity index (χ2n) is 2.50. The highest BCUT2D eigenvalue weighted by Crippen LogP contribution is 2.10. The Balaban J connectivity index is 2.46. The number of aliphatic hydroxyl groups excluding tert-OH is 1. The Morgan fingerprint density at radius 1 is 1.31 bits per heavy atom. The summed E-state index contributed by atoms with van der Waals surface area (Å²) in [6.07, 6.45) is -0.563. The normalized spacial score (nSPS) is 12.5. The van der Waals surface area contributed by atoms with Crippen LogP contribution in [0.5, 0.6) is 5.75 Å². The zero-order valence-electron chi connectivity index (χ0n) is 7.64. The molecule has 0 aliphatic heterocycles. The van der Waals surface area contributed by atoms with Crippen molar-refractivity contribution in [1.29, 1.82) is 0 Å². The molecule has 1 unspecified atom stereocenters. The molecule has 1 aromatic rings. The maximum Gasteiger partial charge on any atom is 0.223 e. The third-order valence-electron chi connectivity index (χ3n) is 1.51. The van der Waals surface area contributed by atoms with Gasteiger partial charge in [0.2, 0.25) is 6.29 Å². The zero-order chi connectivity index (χ0) is 9.52. The summed E-state index contributed by atoms with van der Waals surface area (Å²) in [6.45, 7) is 2.25. The van der Waals surface area contributed by atoms with Crippen molar-refractivity contribution >= 4 is 0 Å². The van der Waals surface area contributed by atoms with Crippen molar-refractivity contribution in [3.8, 4) is 5.75 Å². The van der Waals surface area contributed by atoms with Crippen LogP contribution in [0.25, 0.3) is 0 Å². The molecule has 0 radical (unpaired) electrons. The van der Waals surface area contributed by atoms with Gasteiger partial charge in [-0.15, -0.1) is 0 Å². The summed E-state index contributed by atoms with van der Waals surface area (Å²) < 4.78 is 10.5. The standard InChI is InChI=1S/C10H14O3/c1-2-12-10(8-11)13-9-6-4-3-5-7-9/h3-7,10-11H,2,8H2,1H3. The Labute approximate surface area is 77.9 Å². The van der Waals surface area contributed by atoms with Crippen molar-refractivity contribution in [1.82, 2.24) is 0 Å². The fraction of sp³-hybridized carbons (Fsp3) is 0.400. The summed E-state index contributed by atoms with van der Waals surface area (Å²) in [6, 6.07) is 9.29. The van der Waals surface area contributed by atoms with Gasteiger partial charge in [-0.3, -0.25) is 0 Å². The molecular weight excluding hydrogens is 168 g/mol. The third kappa shape index (κ3) is 3.44. The van der Waals surface area contributed by atoms with E-state index in [4.69, 9.17) is 14.6 Å². The van der Waals surface area contributed by atoms with Gasteiger partial charge >= 0.3 is 0 Å². The topological polar surface area (TPSA) is 38.7 Å². The van der Waals surface area contributed by atoms with Crippen LogP contribution in [0.15, 0.2) is 30.3 Å². The summed E-state index contributed by atoms with van der Waals surface area (Å²) in [5.74, 6) is 0.704. The van der Waals surface area contributed by atoms with Gasteiger partial charge < -0.3 is 14.6 Å². The lowest BCUT2D eigenvalue weighted by Crippen LogP contribution is -2.24. The second-order valence-corrected chi connectivity index (χ2v) is 2.50. The molecule has 0 saturated heterocycles. The van der Waals surface area contributed by atoms with E-state index in [1.807, 2.05) is 37.3 Å². The number of hydrogen-bond acceptors (Lipinski definition) is 3. The number of benzene rings is 1. The first-order valence-corrected chi connectivity index (χ1v) is 4.31. The molecule has 0 aliphatic carbocycles. The van der Waals surface area contributed by atoms with Gasteiger partial charge in [0.05, 0.1) is 0 Å². The lowest BCUT2D eigenvalue weighted by Gasteiger charge is -2.15. The molecule has 3 heteroatoms. The van der Waals surface area contributed by atoms with Crippen LogP contribution in [0.4, 0.5) is 0 Å². The minimum atomic E-state index is -0.563. The van der Waals surface area contributed by atoms with Crippen LogP contribution in [-0.2, 0) is 4.74 Å². The van der Waals surface area contributed by atoms with E-state index in [-0.39, 0.29) is 6.61 Å². The Morgan fingerprint density at radius 2 is 2.00 bits per heavy atom. The first kappa shape index (κ1) is 10.0. The summed E-state index contributed by atoms with van der Waals surface area (Å²) in [5, 5.41) is 8.87. The molecule has 13 heavy (non-hydrogen) atoms. The molecule has 1 atom stereocenters. The molecule has 1 rings (SSSR count). The number of hydrogen-bond donors (Lipinski definition) is 1. The number of ether oxygens (including phenoxy) is 2. The monoisotopic (exact) mass is 182 g/mol. The van der Waals surface area contributed by atoms with E-state index >= 15 is 0 Å². The molecule has 0 aliphatic rings. The van der Waals surface area contributed by atoms with Crippen LogP contribution in [0.1, 0.15) is 6.92 Å². The Kier molecular flexibility index (Phi) is 4.29. The maximum atomic E-state index is 8.87. The molecule has 0 bridgehead atoms. The molecule has 1 N–H and O–H groups in total. The lowest BCUT2D eigenvalue weighted by molar-refractivity contribution is -0.103. The predicted octanol–water partition coefficient (Wildman–Crippen LogP) is 1.42. The van der Waals surface area contributed by atoms with Gasteiger partial charge in [0.1, 0.15) is 12.4 Å². The highest BCUT2D eigenvalue weighted by Gasteiger charge is 2.06. The molecule has 72 valence electrons. The minimum absolute atomic E-state index is 0.136. The molecule has 0 spiro atoms. The summed E-state index contributed by atoms with van der Waals surface area (Å²) in [7, 11) is 0. The zero-order valence-corrected chi connectivity index (χ0v) is 7.64. The van der Waals surface area contributed by atoms with E-state index in [0.29, 0.717) is 12.4 Å². The third-order valence-corrected chi connectivity index (χ3v) is 1.51. The number of rotatable bonds is 5. The fourth-order valence-corrected chi connectivity index (χ4v) is 0.961. The Bertz CT molecular complexity index is 223. The quantitative estimate of drug-likeness (QED) is 0.700. The van der Waals surface area contributed by atoms with Crippen LogP contribution < -0.4 is 4.74 Å². The first-order chi connectivity index (χ1) is 6.36. The van der Waals surface area contributed by atoms with Gasteiger partial charge in [-0.25, -0.2) is 0 Å². The summed E-state index contributed by atoms with van der Waals surface area (Å²) in [5.41, 5.74) is 0. The first-order valence-electron chi connectivity index (χ1n) is 4.31. The van der Waals surface area contributed by atoms with Gasteiger partial charge in [0, 0.05) is 6.61 Å². The van der Waals surface area contributed by atoms with Crippen molar-refractivity contribution < 1.29 is 14.6 Å². The molecular formula is C10H14O3. The molecule has 1 aromatic carbocycles. The van der Waals surface area contributed by atoms with Crippen molar-refractivity contribution in [2.24, 2.45) is 0 Å². The highest BCUT2D eigenvalue weighted by atomic mass is 16.7. The van der Waals surface area contributed by atoms with E-state index in [9.17, 15) is 0 Å². The van der Waals surface area contributed by atoms with Crippen LogP contribution in [0, 0.1) is 0 Å². The van der Waals surface area contributed by atoms with Gasteiger partial charge in [0.15, 0.2) is 0 Å². The van der Waals surface area contributed by atoms with Gasteiger partial charge in [-0.1, -0.05) is 18.2 Å². The average Bonchev–Trinajstić information content (AvgIpc) is 2.19. The van der Waals surface area contributed by atoms with Crippen molar-refractivity contribution in [2.75, 3.05) is 13.2 Å². The van der Waals surface area contributed by atoms with E-state index in [2.05, 4.69) is 0 Å². The number of para-hydroxylation sites is 1. The van der Waals surface area contributed by atoms with E-state index in [1.165, 1.54) is 0 Å². The Hall–Kier alpha value is -1.06. The molecule has 3 nitrogen and oxygen atoms in total. The highest BCUT2D eigenvalue weighted by molar-refractivity contribution is 5.20. The van der Waals surface area contributed by atoms with E-state index < -0.39 is 6.29 Å². The minimum Gasteiger partial charge on any atom is -0.462 e. The average molecular weight is 182 g/mol. The largest absolute Gasteiger partial charge is 0.462 e. The van der Waals surface area contributed by atoms with Crippen LogP contribution >= 0.6 is 0 Å². The van der Waals surface area contributed by atoms with Crippen LogP contribution in [0.2, 0.25) is 0 Å². The summed E-state index contributed by atoms with van der Waals surface area (Å²) in [4.78, 5) is 0. The van der Waals surface area contributed by atoms with E-state index in [0.717, 1.165) is 0 Å². The van der Waals surface area contributed by atoms with Gasteiger partial charge in [-0.2, -0.15) is 0 Å². The smallest absolute Gasteiger partial charge is 0.223 e. The van der Waals surface area contributed by atoms with E-state index in [1.54, 1.807) is 0 Å². The fourth-order valence-electron chi connectivity index (χ4n) is 0.961. The molecule has 0 saturated carbocycles. The molecule has 0 heterocycles. The SMILES string of the molecule is CCOC(CO)Oc1ccccc1. The maximum absolute atomic E-state index is 8.87. The van der Waals surface area contributed by atoms with Crippen molar-refractivity contribution in [2.45, 2.75) is 13.2 Å².